The largest absolute Gasteiger partial charge is 0.485 e. The standard InChI is InChI=1S/C27H27OP/c1-5-24-28-23-16-10-15-22(26(23)29(24)27(2,3)4)25-20-13-8-6-11-18(20)17-19-12-7-9-14-21(19)25/h6-17,24H,5H2,1-4H3/t24-,29+/m0/s1. The molecule has 146 valence electrons. The first-order valence-corrected chi connectivity index (χ1v) is 11.9. The quantitative estimate of drug-likeness (QED) is 0.248. The third kappa shape index (κ3) is 2.95. The van der Waals surface area contributed by atoms with E-state index in [0.29, 0.717) is 5.85 Å². The highest BCUT2D eigenvalue weighted by molar-refractivity contribution is 7.68. The predicted octanol–water partition coefficient (Wildman–Crippen LogP) is 7.69. The first-order valence-electron chi connectivity index (χ1n) is 10.5. The number of rotatable bonds is 2. The van der Waals surface area contributed by atoms with Crippen molar-refractivity contribution >= 4 is 34.8 Å². The second-order valence-corrected chi connectivity index (χ2v) is 12.0. The molecule has 2 atom stereocenters. The molecule has 1 nitrogen and oxygen atoms in total. The maximum absolute atomic E-state index is 6.51. The minimum atomic E-state index is -0.443. The van der Waals surface area contributed by atoms with Crippen molar-refractivity contribution in [3.05, 3.63) is 72.8 Å². The zero-order valence-electron chi connectivity index (χ0n) is 17.6. The Labute approximate surface area is 174 Å². The van der Waals surface area contributed by atoms with Gasteiger partial charge in [-0.2, -0.15) is 0 Å². The fourth-order valence-electron chi connectivity index (χ4n) is 4.75. The summed E-state index contributed by atoms with van der Waals surface area (Å²) in [7, 11) is -0.443. The predicted molar refractivity (Wildman–Crippen MR) is 128 cm³/mol. The molecule has 0 radical (unpaired) electrons. The van der Waals surface area contributed by atoms with Crippen LogP contribution in [-0.4, -0.2) is 11.0 Å². The Hall–Kier alpha value is -2.37. The first kappa shape index (κ1) is 18.6. The molecule has 1 heterocycles. The molecule has 0 saturated carbocycles. The van der Waals surface area contributed by atoms with Crippen LogP contribution in [0, 0.1) is 0 Å². The Bertz CT molecular complexity index is 1160. The van der Waals surface area contributed by atoms with Gasteiger partial charge in [0.1, 0.15) is 11.6 Å². The lowest BCUT2D eigenvalue weighted by Gasteiger charge is -2.32. The van der Waals surface area contributed by atoms with Gasteiger partial charge in [0.2, 0.25) is 0 Å². The molecule has 0 spiro atoms. The van der Waals surface area contributed by atoms with Gasteiger partial charge < -0.3 is 4.74 Å². The van der Waals surface area contributed by atoms with Crippen LogP contribution in [0.25, 0.3) is 32.7 Å². The van der Waals surface area contributed by atoms with Crippen molar-refractivity contribution in [2.24, 2.45) is 0 Å². The van der Waals surface area contributed by atoms with Crippen molar-refractivity contribution in [3.63, 3.8) is 0 Å². The fourth-order valence-corrected chi connectivity index (χ4v) is 7.97. The van der Waals surface area contributed by atoms with Crippen molar-refractivity contribution in [2.75, 3.05) is 0 Å². The lowest BCUT2D eigenvalue weighted by atomic mass is 9.92. The zero-order valence-corrected chi connectivity index (χ0v) is 18.5. The molecule has 0 aromatic heterocycles. The maximum atomic E-state index is 6.51. The van der Waals surface area contributed by atoms with Crippen LogP contribution in [-0.2, 0) is 0 Å². The summed E-state index contributed by atoms with van der Waals surface area (Å²) in [4.78, 5) is 0. The van der Waals surface area contributed by atoms with Gasteiger partial charge in [0.05, 0.1) is 0 Å². The zero-order chi connectivity index (χ0) is 20.2. The SMILES string of the molecule is CC[C@H]1Oc2cccc(-c3c4ccccc4cc4ccccc34)c2[P@]1C(C)(C)C. The summed E-state index contributed by atoms with van der Waals surface area (Å²) in [5, 5.41) is 6.88. The molecule has 4 aromatic carbocycles. The lowest BCUT2D eigenvalue weighted by molar-refractivity contribution is 0.288. The molecule has 0 bridgehead atoms. The smallest absolute Gasteiger partial charge is 0.128 e. The molecule has 1 aliphatic heterocycles. The van der Waals surface area contributed by atoms with Crippen molar-refractivity contribution in [3.8, 4) is 16.9 Å². The molecule has 0 saturated heterocycles. The minimum absolute atomic E-state index is 0.192. The summed E-state index contributed by atoms with van der Waals surface area (Å²) in [6, 6.07) is 26.5. The number of fused-ring (bicyclic) bond motifs is 3. The molecule has 1 aliphatic rings. The summed E-state index contributed by atoms with van der Waals surface area (Å²) in [6.07, 6.45) is 1.05. The van der Waals surface area contributed by atoms with E-state index in [4.69, 9.17) is 4.74 Å². The topological polar surface area (TPSA) is 9.23 Å². The molecule has 5 rings (SSSR count). The highest BCUT2D eigenvalue weighted by Gasteiger charge is 2.42. The summed E-state index contributed by atoms with van der Waals surface area (Å²) >= 11 is 0. The molecule has 0 fully saturated rings. The molecule has 0 unspecified atom stereocenters. The van der Waals surface area contributed by atoms with E-state index in [2.05, 4.69) is 100 Å². The van der Waals surface area contributed by atoms with Crippen molar-refractivity contribution in [2.45, 2.75) is 45.1 Å². The van der Waals surface area contributed by atoms with E-state index >= 15 is 0 Å². The highest BCUT2D eigenvalue weighted by atomic mass is 31.1. The molecule has 0 aliphatic carbocycles. The second kappa shape index (κ2) is 6.85. The first-order chi connectivity index (χ1) is 14.0. The van der Waals surface area contributed by atoms with E-state index in [0.717, 1.165) is 12.2 Å². The number of hydrogen-bond donors (Lipinski definition) is 0. The molecular formula is C27H27OP. The van der Waals surface area contributed by atoms with Crippen molar-refractivity contribution in [1.82, 2.24) is 0 Å². The summed E-state index contributed by atoms with van der Waals surface area (Å²) in [6.45, 7) is 9.37. The van der Waals surface area contributed by atoms with Gasteiger partial charge in [-0.15, -0.1) is 0 Å². The molecule has 2 heteroatoms. The molecule has 4 aromatic rings. The summed E-state index contributed by atoms with van der Waals surface area (Å²) in [5.41, 5.74) is 2.71. The Morgan fingerprint density at radius 1 is 0.828 bits per heavy atom. The van der Waals surface area contributed by atoms with Crippen molar-refractivity contribution < 1.29 is 4.74 Å². The highest BCUT2D eigenvalue weighted by Crippen LogP contribution is 2.61. The van der Waals surface area contributed by atoms with Gasteiger partial charge >= 0.3 is 0 Å². The molecular weight excluding hydrogens is 371 g/mol. The van der Waals surface area contributed by atoms with Crippen LogP contribution in [0.1, 0.15) is 34.1 Å². The average molecular weight is 398 g/mol. The Morgan fingerprint density at radius 2 is 1.45 bits per heavy atom. The molecule has 29 heavy (non-hydrogen) atoms. The Kier molecular flexibility index (Phi) is 4.41. The second-order valence-electron chi connectivity index (χ2n) is 8.87. The Morgan fingerprint density at radius 3 is 2.03 bits per heavy atom. The third-order valence-corrected chi connectivity index (χ3v) is 9.34. The van der Waals surface area contributed by atoms with Gasteiger partial charge in [-0.25, -0.2) is 0 Å². The number of benzene rings is 4. The summed E-state index contributed by atoms with van der Waals surface area (Å²) < 4.78 is 6.51. The maximum Gasteiger partial charge on any atom is 0.128 e. The van der Waals surface area contributed by atoms with Crippen LogP contribution in [0.3, 0.4) is 0 Å². The van der Waals surface area contributed by atoms with E-state index in [1.165, 1.54) is 38.0 Å². The minimum Gasteiger partial charge on any atom is -0.485 e. The van der Waals surface area contributed by atoms with E-state index in [1.807, 2.05) is 0 Å². The van der Waals surface area contributed by atoms with Gasteiger partial charge in [0, 0.05) is 5.30 Å². The van der Waals surface area contributed by atoms with Gasteiger partial charge in [0.25, 0.3) is 0 Å². The normalized spacial score (nSPS) is 18.8. The average Bonchev–Trinajstić information content (AvgIpc) is 3.11. The number of hydrogen-bond acceptors (Lipinski definition) is 1. The van der Waals surface area contributed by atoms with Crippen LogP contribution in [0.4, 0.5) is 0 Å². The van der Waals surface area contributed by atoms with Crippen LogP contribution in [0.15, 0.2) is 72.8 Å². The fraction of sp³-hybridized carbons (Fsp3) is 0.259. The van der Waals surface area contributed by atoms with Crippen LogP contribution in [0.5, 0.6) is 5.75 Å². The van der Waals surface area contributed by atoms with Gasteiger partial charge in [-0.1, -0.05) is 88.4 Å². The monoisotopic (exact) mass is 398 g/mol. The van der Waals surface area contributed by atoms with Gasteiger partial charge in [-0.3, -0.25) is 0 Å². The van der Waals surface area contributed by atoms with E-state index in [9.17, 15) is 0 Å². The van der Waals surface area contributed by atoms with E-state index < -0.39 is 7.92 Å². The van der Waals surface area contributed by atoms with Crippen LogP contribution in [0.2, 0.25) is 0 Å². The van der Waals surface area contributed by atoms with Crippen molar-refractivity contribution in [1.29, 1.82) is 0 Å². The van der Waals surface area contributed by atoms with Crippen LogP contribution >= 0.6 is 7.92 Å². The van der Waals surface area contributed by atoms with Gasteiger partial charge in [-0.05, 0) is 64.3 Å². The molecule has 0 N–H and O–H groups in total. The third-order valence-electron chi connectivity index (χ3n) is 5.90. The Balaban J connectivity index is 1.90. The van der Waals surface area contributed by atoms with E-state index in [1.54, 1.807) is 0 Å². The van der Waals surface area contributed by atoms with Gasteiger partial charge in [0.15, 0.2) is 0 Å². The van der Waals surface area contributed by atoms with Crippen LogP contribution < -0.4 is 10.0 Å². The number of ether oxygens (including phenoxy) is 1. The van der Waals surface area contributed by atoms with E-state index in [-0.39, 0.29) is 5.16 Å². The lowest BCUT2D eigenvalue weighted by Crippen LogP contribution is -2.24. The summed E-state index contributed by atoms with van der Waals surface area (Å²) in [5.74, 6) is 1.38. The molecule has 0 amide bonds.